The van der Waals surface area contributed by atoms with E-state index in [0.29, 0.717) is 23.7 Å². The highest BCUT2D eigenvalue weighted by atomic mass is 79.9. The summed E-state index contributed by atoms with van der Waals surface area (Å²) in [4.78, 5) is 12.8. The van der Waals surface area contributed by atoms with Crippen LogP contribution in [-0.2, 0) is 4.74 Å². The van der Waals surface area contributed by atoms with Gasteiger partial charge in [-0.25, -0.2) is 0 Å². The Hall–Kier alpha value is -0.520. The Bertz CT molecular complexity index is 444. The van der Waals surface area contributed by atoms with E-state index in [0.717, 1.165) is 10.9 Å². The fourth-order valence-electron chi connectivity index (χ4n) is 1.80. The van der Waals surface area contributed by atoms with Crippen LogP contribution in [0.25, 0.3) is 0 Å². The summed E-state index contributed by atoms with van der Waals surface area (Å²) < 4.78 is 6.22. The molecule has 1 aliphatic rings. The van der Waals surface area contributed by atoms with Gasteiger partial charge in [-0.15, -0.1) is 12.6 Å². The van der Waals surface area contributed by atoms with Gasteiger partial charge in [0.05, 0.1) is 17.7 Å². The first-order valence-electron chi connectivity index (χ1n) is 5.39. The minimum Gasteiger partial charge on any atom is -0.379 e. The van der Waals surface area contributed by atoms with Crippen molar-refractivity contribution in [3.63, 3.8) is 0 Å². The second kappa shape index (κ2) is 5.00. The Labute approximate surface area is 114 Å². The van der Waals surface area contributed by atoms with Gasteiger partial charge in [-0.3, -0.25) is 4.79 Å². The fourth-order valence-corrected chi connectivity index (χ4v) is 2.66. The van der Waals surface area contributed by atoms with Crippen LogP contribution < -0.4 is 5.32 Å². The summed E-state index contributed by atoms with van der Waals surface area (Å²) in [6, 6.07) is 5.41. The number of hydrogen-bond acceptors (Lipinski definition) is 3. The van der Waals surface area contributed by atoms with E-state index in [1.807, 2.05) is 19.1 Å². The Balaban J connectivity index is 2.14. The standard InChI is InChI=1S/C12H14BrNO2S/c1-12(4-5-16-7-12)14-11(15)9-3-2-8(13)6-10(9)17/h2-3,6,17H,4-5,7H2,1H3,(H,14,15). The molecule has 1 unspecified atom stereocenters. The summed E-state index contributed by atoms with van der Waals surface area (Å²) in [5.41, 5.74) is 0.328. The van der Waals surface area contributed by atoms with Gasteiger partial charge in [-0.05, 0) is 31.5 Å². The van der Waals surface area contributed by atoms with E-state index in [2.05, 4.69) is 33.9 Å². The van der Waals surface area contributed by atoms with Crippen molar-refractivity contribution in [3.8, 4) is 0 Å². The molecule has 0 spiro atoms. The van der Waals surface area contributed by atoms with E-state index in [1.165, 1.54) is 0 Å². The zero-order valence-electron chi connectivity index (χ0n) is 9.50. The highest BCUT2D eigenvalue weighted by Crippen LogP contribution is 2.22. The van der Waals surface area contributed by atoms with E-state index in [-0.39, 0.29) is 11.4 Å². The van der Waals surface area contributed by atoms with Gasteiger partial charge in [0.2, 0.25) is 0 Å². The van der Waals surface area contributed by atoms with E-state index in [4.69, 9.17) is 4.74 Å². The molecule has 1 N–H and O–H groups in total. The predicted molar refractivity (Wildman–Crippen MR) is 72.7 cm³/mol. The molecule has 17 heavy (non-hydrogen) atoms. The van der Waals surface area contributed by atoms with Crippen molar-refractivity contribution in [1.29, 1.82) is 0 Å². The normalized spacial score (nSPS) is 23.7. The average Bonchev–Trinajstić information content (AvgIpc) is 2.64. The molecule has 1 saturated heterocycles. The Morgan fingerprint density at radius 1 is 1.59 bits per heavy atom. The van der Waals surface area contributed by atoms with Gasteiger partial charge < -0.3 is 10.1 Å². The van der Waals surface area contributed by atoms with E-state index in [1.54, 1.807) is 6.07 Å². The largest absolute Gasteiger partial charge is 0.379 e. The minimum atomic E-state index is -0.260. The van der Waals surface area contributed by atoms with Crippen LogP contribution in [0.2, 0.25) is 0 Å². The summed E-state index contributed by atoms with van der Waals surface area (Å²) in [7, 11) is 0. The number of halogens is 1. The third-order valence-electron chi connectivity index (χ3n) is 2.84. The molecule has 1 fully saturated rings. The van der Waals surface area contributed by atoms with Crippen LogP contribution >= 0.6 is 28.6 Å². The van der Waals surface area contributed by atoms with Crippen molar-refractivity contribution in [1.82, 2.24) is 5.32 Å². The van der Waals surface area contributed by atoms with Crippen LogP contribution in [0.5, 0.6) is 0 Å². The van der Waals surface area contributed by atoms with Crippen molar-refractivity contribution in [2.24, 2.45) is 0 Å². The van der Waals surface area contributed by atoms with E-state index in [9.17, 15) is 4.79 Å². The quantitative estimate of drug-likeness (QED) is 0.823. The van der Waals surface area contributed by atoms with Gasteiger partial charge in [0.15, 0.2) is 0 Å². The maximum absolute atomic E-state index is 12.1. The number of rotatable bonds is 2. The van der Waals surface area contributed by atoms with E-state index >= 15 is 0 Å². The average molecular weight is 316 g/mol. The molecule has 1 aliphatic heterocycles. The lowest BCUT2D eigenvalue weighted by molar-refractivity contribution is 0.0887. The molecule has 0 bridgehead atoms. The number of ether oxygens (including phenoxy) is 1. The molecule has 1 aromatic carbocycles. The topological polar surface area (TPSA) is 38.3 Å². The first-order valence-corrected chi connectivity index (χ1v) is 6.63. The third kappa shape index (κ3) is 3.03. The van der Waals surface area contributed by atoms with Gasteiger partial charge in [0.25, 0.3) is 5.91 Å². The third-order valence-corrected chi connectivity index (χ3v) is 3.70. The molecule has 1 atom stereocenters. The summed E-state index contributed by atoms with van der Waals surface area (Å²) >= 11 is 7.65. The molecule has 0 saturated carbocycles. The molecule has 1 amide bonds. The fraction of sp³-hybridized carbons (Fsp3) is 0.417. The molecule has 92 valence electrons. The molecular weight excluding hydrogens is 302 g/mol. The summed E-state index contributed by atoms with van der Waals surface area (Å²) in [6.07, 6.45) is 0.844. The van der Waals surface area contributed by atoms with Crippen LogP contribution in [0.4, 0.5) is 0 Å². The van der Waals surface area contributed by atoms with E-state index < -0.39 is 0 Å². The van der Waals surface area contributed by atoms with Crippen LogP contribution in [0.15, 0.2) is 27.6 Å². The van der Waals surface area contributed by atoms with Gasteiger partial charge >= 0.3 is 0 Å². The maximum Gasteiger partial charge on any atom is 0.252 e. The van der Waals surface area contributed by atoms with Crippen molar-refractivity contribution in [2.75, 3.05) is 13.2 Å². The molecule has 0 aromatic heterocycles. The number of amides is 1. The van der Waals surface area contributed by atoms with Crippen LogP contribution in [0.3, 0.4) is 0 Å². The summed E-state index contributed by atoms with van der Waals surface area (Å²) in [6.45, 7) is 3.26. The molecule has 0 radical (unpaired) electrons. The second-order valence-corrected chi connectivity index (χ2v) is 5.88. The van der Waals surface area contributed by atoms with Crippen molar-refractivity contribution >= 4 is 34.5 Å². The lowest BCUT2D eigenvalue weighted by atomic mass is 10.0. The Morgan fingerprint density at radius 2 is 2.35 bits per heavy atom. The number of hydrogen-bond donors (Lipinski definition) is 2. The van der Waals surface area contributed by atoms with Crippen molar-refractivity contribution < 1.29 is 9.53 Å². The first-order chi connectivity index (χ1) is 8.00. The maximum atomic E-state index is 12.1. The number of benzene rings is 1. The molecule has 2 rings (SSSR count). The van der Waals surface area contributed by atoms with Crippen LogP contribution in [0.1, 0.15) is 23.7 Å². The van der Waals surface area contributed by atoms with Gasteiger partial charge in [0, 0.05) is 16.0 Å². The van der Waals surface area contributed by atoms with Gasteiger partial charge in [0.1, 0.15) is 0 Å². The lowest BCUT2D eigenvalue weighted by Gasteiger charge is -2.23. The smallest absolute Gasteiger partial charge is 0.252 e. The van der Waals surface area contributed by atoms with Crippen molar-refractivity contribution in [3.05, 3.63) is 28.2 Å². The SMILES string of the molecule is CC1(NC(=O)c2ccc(Br)cc2S)CCOC1. The molecule has 5 heteroatoms. The minimum absolute atomic E-state index is 0.101. The predicted octanol–water partition coefficient (Wildman–Crippen LogP) is 2.65. The molecule has 1 aromatic rings. The Kier molecular flexibility index (Phi) is 3.80. The van der Waals surface area contributed by atoms with Crippen LogP contribution in [-0.4, -0.2) is 24.7 Å². The monoisotopic (exact) mass is 315 g/mol. The van der Waals surface area contributed by atoms with Gasteiger partial charge in [-0.1, -0.05) is 15.9 Å². The Morgan fingerprint density at radius 3 is 2.94 bits per heavy atom. The molecule has 3 nitrogen and oxygen atoms in total. The highest BCUT2D eigenvalue weighted by molar-refractivity contribution is 9.10. The summed E-state index contributed by atoms with van der Waals surface area (Å²) in [5.74, 6) is -0.101. The zero-order valence-corrected chi connectivity index (χ0v) is 12.0. The zero-order chi connectivity index (χ0) is 12.5. The molecular formula is C12H14BrNO2S. The summed E-state index contributed by atoms with van der Waals surface area (Å²) in [5, 5.41) is 3.00. The van der Waals surface area contributed by atoms with Crippen molar-refractivity contribution in [2.45, 2.75) is 23.8 Å². The number of carbonyl (C=O) groups is 1. The first kappa shape index (κ1) is 12.9. The number of carbonyl (C=O) groups excluding carboxylic acids is 1. The lowest BCUT2D eigenvalue weighted by Crippen LogP contribution is -2.46. The second-order valence-electron chi connectivity index (χ2n) is 4.48. The van der Waals surface area contributed by atoms with Crippen LogP contribution in [0, 0.1) is 0 Å². The van der Waals surface area contributed by atoms with Gasteiger partial charge in [-0.2, -0.15) is 0 Å². The molecule has 0 aliphatic carbocycles. The number of nitrogens with one attached hydrogen (secondary N) is 1. The number of thiol groups is 1. The molecule has 1 heterocycles. The highest BCUT2D eigenvalue weighted by Gasteiger charge is 2.31.